The van der Waals surface area contributed by atoms with Gasteiger partial charge in [-0.2, -0.15) is 5.10 Å². The maximum atomic E-state index is 10.0. The summed E-state index contributed by atoms with van der Waals surface area (Å²) in [7, 11) is 0. The number of aromatic nitrogens is 3. The van der Waals surface area contributed by atoms with Crippen molar-refractivity contribution in [1.82, 2.24) is 15.2 Å². The normalized spacial score (nSPS) is 10.6. The Hall–Kier alpha value is -1.65. The maximum Gasteiger partial charge on any atom is 0.328 e. The van der Waals surface area contributed by atoms with Gasteiger partial charge in [-0.25, -0.2) is 9.78 Å². The van der Waals surface area contributed by atoms with E-state index in [1.165, 1.54) is 6.08 Å². The number of hydrogen-bond donors (Lipinski definition) is 2. The molecule has 11 heavy (non-hydrogen) atoms. The molecule has 0 aliphatic carbocycles. The van der Waals surface area contributed by atoms with Crippen molar-refractivity contribution >= 4 is 12.0 Å². The summed E-state index contributed by atoms with van der Waals surface area (Å²) in [5.74, 6) is 0.0346. The Morgan fingerprint density at radius 3 is 2.91 bits per heavy atom. The molecule has 0 aliphatic rings. The van der Waals surface area contributed by atoms with E-state index in [1.807, 2.05) is 0 Å². The van der Waals surface area contributed by atoms with Crippen LogP contribution in [0.3, 0.4) is 0 Å². The highest BCUT2D eigenvalue weighted by atomic mass is 16.4. The number of aromatic amines is 1. The van der Waals surface area contributed by atoms with Gasteiger partial charge in [0, 0.05) is 6.08 Å². The second-order valence-corrected chi connectivity index (χ2v) is 1.95. The van der Waals surface area contributed by atoms with Crippen LogP contribution >= 0.6 is 0 Å². The quantitative estimate of drug-likeness (QED) is 0.595. The minimum atomic E-state index is -1.01. The predicted molar refractivity (Wildman–Crippen MR) is 37.8 cm³/mol. The number of carboxylic acid groups (broad SMARTS) is 1. The molecule has 2 N–H and O–H groups in total. The maximum absolute atomic E-state index is 10.0. The molecule has 0 saturated heterocycles. The molecule has 1 heterocycles. The van der Waals surface area contributed by atoms with E-state index in [0.717, 1.165) is 6.08 Å². The lowest BCUT2D eigenvalue weighted by atomic mass is 10.5. The molecular weight excluding hydrogens is 146 g/mol. The lowest BCUT2D eigenvalue weighted by Gasteiger charge is -1.77. The monoisotopic (exact) mass is 153 g/mol. The Bertz CT molecular complexity index is 290. The zero-order chi connectivity index (χ0) is 8.27. The molecule has 0 radical (unpaired) electrons. The number of aliphatic carboxylic acids is 1. The number of carboxylic acids is 1. The number of aryl methyl sites for hydroxylation is 1. The Balaban J connectivity index is 2.71. The van der Waals surface area contributed by atoms with Crippen LogP contribution in [0.25, 0.3) is 6.08 Å². The zero-order valence-corrected chi connectivity index (χ0v) is 5.90. The first-order valence-corrected chi connectivity index (χ1v) is 2.98. The third-order valence-electron chi connectivity index (χ3n) is 0.989. The number of nitrogens with zero attached hydrogens (tertiary/aromatic N) is 2. The van der Waals surface area contributed by atoms with Gasteiger partial charge >= 0.3 is 5.97 Å². The van der Waals surface area contributed by atoms with Crippen molar-refractivity contribution in [3.63, 3.8) is 0 Å². The van der Waals surface area contributed by atoms with Gasteiger partial charge in [-0.3, -0.25) is 5.10 Å². The summed E-state index contributed by atoms with van der Waals surface area (Å²) in [4.78, 5) is 13.9. The third kappa shape index (κ3) is 2.21. The molecule has 0 saturated carbocycles. The van der Waals surface area contributed by atoms with E-state index in [0.29, 0.717) is 11.6 Å². The molecular formula is C6H7N3O2. The number of carbonyl (C=O) groups is 1. The average molecular weight is 153 g/mol. The molecule has 0 atom stereocenters. The zero-order valence-electron chi connectivity index (χ0n) is 5.90. The Labute approximate surface area is 62.8 Å². The highest BCUT2D eigenvalue weighted by Gasteiger charge is 1.93. The predicted octanol–water partition coefficient (Wildman–Crippen LogP) is 0.211. The molecule has 5 nitrogen and oxygen atoms in total. The van der Waals surface area contributed by atoms with Crippen molar-refractivity contribution in [3.8, 4) is 0 Å². The van der Waals surface area contributed by atoms with E-state index in [9.17, 15) is 4.79 Å². The van der Waals surface area contributed by atoms with Crippen LogP contribution < -0.4 is 0 Å². The smallest absolute Gasteiger partial charge is 0.328 e. The lowest BCUT2D eigenvalue weighted by molar-refractivity contribution is -0.131. The summed E-state index contributed by atoms with van der Waals surface area (Å²) in [6.45, 7) is 1.74. The summed E-state index contributed by atoms with van der Waals surface area (Å²) >= 11 is 0. The van der Waals surface area contributed by atoms with Crippen LogP contribution in [0, 0.1) is 6.92 Å². The number of rotatable bonds is 2. The Kier molecular flexibility index (Phi) is 2.00. The van der Waals surface area contributed by atoms with Gasteiger partial charge in [0.05, 0.1) is 0 Å². The number of nitrogens with one attached hydrogen (secondary N) is 1. The van der Waals surface area contributed by atoms with E-state index in [2.05, 4.69) is 15.2 Å². The van der Waals surface area contributed by atoms with Crippen LogP contribution in [-0.4, -0.2) is 26.3 Å². The van der Waals surface area contributed by atoms with Gasteiger partial charge in [0.1, 0.15) is 5.82 Å². The summed E-state index contributed by atoms with van der Waals surface area (Å²) < 4.78 is 0. The largest absolute Gasteiger partial charge is 0.478 e. The van der Waals surface area contributed by atoms with Crippen LogP contribution in [0.15, 0.2) is 6.08 Å². The lowest BCUT2D eigenvalue weighted by Crippen LogP contribution is -1.86. The second kappa shape index (κ2) is 2.96. The summed E-state index contributed by atoms with van der Waals surface area (Å²) in [5, 5.41) is 14.5. The molecule has 5 heteroatoms. The van der Waals surface area contributed by atoms with Crippen molar-refractivity contribution in [1.29, 1.82) is 0 Å². The first-order chi connectivity index (χ1) is 5.18. The first kappa shape index (κ1) is 7.46. The van der Waals surface area contributed by atoms with Gasteiger partial charge < -0.3 is 5.11 Å². The van der Waals surface area contributed by atoms with Crippen molar-refractivity contribution in [2.45, 2.75) is 6.92 Å². The summed E-state index contributed by atoms with van der Waals surface area (Å²) in [6.07, 6.45) is 2.31. The molecule has 1 aromatic rings. The van der Waals surface area contributed by atoms with Crippen molar-refractivity contribution < 1.29 is 9.90 Å². The van der Waals surface area contributed by atoms with E-state index in [-0.39, 0.29) is 0 Å². The summed E-state index contributed by atoms with van der Waals surface area (Å²) in [6, 6.07) is 0. The standard InChI is InChI=1S/C6H7N3O2/c1-4-7-5(9-8-4)2-3-6(10)11/h2-3H,1H3,(H,10,11)(H,7,8,9)/b3-2+. The highest BCUT2D eigenvalue weighted by Crippen LogP contribution is 1.92. The van der Waals surface area contributed by atoms with Gasteiger partial charge in [0.15, 0.2) is 5.82 Å². The van der Waals surface area contributed by atoms with Gasteiger partial charge in [0.25, 0.3) is 0 Å². The van der Waals surface area contributed by atoms with Gasteiger partial charge in [0.2, 0.25) is 0 Å². The van der Waals surface area contributed by atoms with E-state index >= 15 is 0 Å². The summed E-state index contributed by atoms with van der Waals surface area (Å²) in [5.41, 5.74) is 0. The molecule has 0 spiro atoms. The van der Waals surface area contributed by atoms with Crippen molar-refractivity contribution in [3.05, 3.63) is 17.7 Å². The molecule has 0 amide bonds. The third-order valence-corrected chi connectivity index (χ3v) is 0.989. The van der Waals surface area contributed by atoms with E-state index in [1.54, 1.807) is 6.92 Å². The SMILES string of the molecule is Cc1nc(/C=C/C(=O)O)n[nH]1. The molecule has 1 rings (SSSR count). The fraction of sp³-hybridized carbons (Fsp3) is 0.167. The second-order valence-electron chi connectivity index (χ2n) is 1.95. The molecule has 0 aromatic carbocycles. The fourth-order valence-electron chi connectivity index (χ4n) is 0.580. The number of hydrogen-bond acceptors (Lipinski definition) is 3. The molecule has 58 valence electrons. The molecule has 0 aliphatic heterocycles. The molecule has 0 bridgehead atoms. The minimum Gasteiger partial charge on any atom is -0.478 e. The number of H-pyrrole nitrogens is 1. The van der Waals surface area contributed by atoms with Crippen molar-refractivity contribution in [2.24, 2.45) is 0 Å². The topological polar surface area (TPSA) is 78.9 Å². The molecule has 0 fully saturated rings. The Morgan fingerprint density at radius 2 is 2.45 bits per heavy atom. The van der Waals surface area contributed by atoms with Gasteiger partial charge in [-0.1, -0.05) is 0 Å². The van der Waals surface area contributed by atoms with Crippen molar-refractivity contribution in [2.75, 3.05) is 0 Å². The van der Waals surface area contributed by atoms with Crippen LogP contribution in [0.5, 0.6) is 0 Å². The minimum absolute atomic E-state index is 0.380. The highest BCUT2D eigenvalue weighted by molar-refractivity contribution is 5.84. The van der Waals surface area contributed by atoms with Crippen LogP contribution in [-0.2, 0) is 4.79 Å². The van der Waals surface area contributed by atoms with Crippen LogP contribution in [0.2, 0.25) is 0 Å². The van der Waals surface area contributed by atoms with Crippen LogP contribution in [0.1, 0.15) is 11.6 Å². The first-order valence-electron chi connectivity index (χ1n) is 2.98. The Morgan fingerprint density at radius 1 is 1.73 bits per heavy atom. The van der Waals surface area contributed by atoms with Gasteiger partial charge in [-0.05, 0) is 13.0 Å². The molecule has 1 aromatic heterocycles. The van der Waals surface area contributed by atoms with Crippen LogP contribution in [0.4, 0.5) is 0 Å². The fourth-order valence-corrected chi connectivity index (χ4v) is 0.580. The van der Waals surface area contributed by atoms with E-state index < -0.39 is 5.97 Å². The average Bonchev–Trinajstić information content (AvgIpc) is 2.31. The molecule has 0 unspecified atom stereocenters. The van der Waals surface area contributed by atoms with Gasteiger partial charge in [-0.15, -0.1) is 0 Å². The van der Waals surface area contributed by atoms with E-state index in [4.69, 9.17) is 5.11 Å².